The zero-order valence-corrected chi connectivity index (χ0v) is 13.2. The van der Waals surface area contributed by atoms with Crippen LogP contribution in [0, 0.1) is 5.92 Å². The van der Waals surface area contributed by atoms with E-state index >= 15 is 0 Å². The summed E-state index contributed by atoms with van der Waals surface area (Å²) < 4.78 is 26.3. The fraction of sp³-hybridized carbons (Fsp3) is 1.00. The average molecular weight is 280 g/mol. The summed E-state index contributed by atoms with van der Waals surface area (Å²) in [5, 5.41) is 0. The van der Waals surface area contributed by atoms with Gasteiger partial charge in [-0.15, -0.1) is 0 Å². The highest BCUT2D eigenvalue weighted by Crippen LogP contribution is 2.47. The van der Waals surface area contributed by atoms with Crippen molar-refractivity contribution in [3.8, 4) is 0 Å². The number of phosphoric ester groups is 1. The van der Waals surface area contributed by atoms with E-state index in [4.69, 9.17) is 13.6 Å². The minimum absolute atomic E-state index is 0.436. The monoisotopic (exact) mass is 280 g/mol. The van der Waals surface area contributed by atoms with Gasteiger partial charge in [-0.05, 0) is 12.3 Å². The third-order valence-corrected chi connectivity index (χ3v) is 4.66. The van der Waals surface area contributed by atoms with Crippen LogP contribution in [0.4, 0.5) is 0 Å². The quantitative estimate of drug-likeness (QED) is 0.381. The first-order chi connectivity index (χ1) is 8.61. The first-order valence-electron chi connectivity index (χ1n) is 6.97. The summed E-state index contributed by atoms with van der Waals surface area (Å²) in [6, 6.07) is 0. The molecule has 0 aliphatic rings. The van der Waals surface area contributed by atoms with Crippen molar-refractivity contribution < 1.29 is 18.1 Å². The van der Waals surface area contributed by atoms with Crippen molar-refractivity contribution in [1.29, 1.82) is 0 Å². The molecule has 0 saturated heterocycles. The van der Waals surface area contributed by atoms with Gasteiger partial charge in [0.1, 0.15) is 0 Å². The SMILES string of the molecule is CCCCCCC(CC)CCOP(=O)(OC)OC. The zero-order chi connectivity index (χ0) is 13.9. The molecule has 0 amide bonds. The Morgan fingerprint density at radius 2 is 1.67 bits per heavy atom. The first-order valence-corrected chi connectivity index (χ1v) is 8.44. The number of hydrogen-bond acceptors (Lipinski definition) is 4. The van der Waals surface area contributed by atoms with Crippen molar-refractivity contribution in [2.45, 2.75) is 58.8 Å². The maximum atomic E-state index is 11.7. The third kappa shape index (κ3) is 8.25. The lowest BCUT2D eigenvalue weighted by molar-refractivity contribution is 0.143. The van der Waals surface area contributed by atoms with Crippen LogP contribution >= 0.6 is 7.82 Å². The Labute approximate surface area is 112 Å². The summed E-state index contributed by atoms with van der Waals surface area (Å²) in [4.78, 5) is 0. The molecule has 0 bridgehead atoms. The summed E-state index contributed by atoms with van der Waals surface area (Å²) in [7, 11) is -0.605. The molecule has 0 aromatic heterocycles. The Kier molecular flexibility index (Phi) is 11.0. The standard InChI is InChI=1S/C13H29O4P/c1-5-7-8-9-10-13(6-2)11-12-17-18(14,15-3)16-4/h13H,5-12H2,1-4H3. The van der Waals surface area contributed by atoms with E-state index in [9.17, 15) is 4.57 Å². The molecule has 0 radical (unpaired) electrons. The van der Waals surface area contributed by atoms with Gasteiger partial charge in [0.15, 0.2) is 0 Å². The minimum atomic E-state index is -3.28. The van der Waals surface area contributed by atoms with E-state index < -0.39 is 7.82 Å². The summed E-state index contributed by atoms with van der Waals surface area (Å²) in [6.45, 7) is 4.85. The largest absolute Gasteiger partial charge is 0.474 e. The van der Waals surface area contributed by atoms with Gasteiger partial charge in [0.25, 0.3) is 0 Å². The number of phosphoric acid groups is 1. The van der Waals surface area contributed by atoms with Crippen LogP contribution in [0.2, 0.25) is 0 Å². The van der Waals surface area contributed by atoms with E-state index in [1.807, 2.05) is 0 Å². The van der Waals surface area contributed by atoms with Gasteiger partial charge >= 0.3 is 7.82 Å². The van der Waals surface area contributed by atoms with E-state index in [1.54, 1.807) is 0 Å². The Bertz CT molecular complexity index is 225. The lowest BCUT2D eigenvalue weighted by Gasteiger charge is -2.17. The molecule has 0 aliphatic carbocycles. The fourth-order valence-corrected chi connectivity index (χ4v) is 2.61. The molecule has 0 N–H and O–H groups in total. The van der Waals surface area contributed by atoms with Gasteiger partial charge in [0.2, 0.25) is 0 Å². The maximum absolute atomic E-state index is 11.7. The lowest BCUT2D eigenvalue weighted by atomic mass is 9.95. The van der Waals surface area contributed by atoms with Crippen molar-refractivity contribution in [2.24, 2.45) is 5.92 Å². The van der Waals surface area contributed by atoms with E-state index in [2.05, 4.69) is 13.8 Å². The Hall–Kier alpha value is 0.110. The highest BCUT2D eigenvalue weighted by Gasteiger charge is 2.22. The smallest absolute Gasteiger partial charge is 0.290 e. The molecular weight excluding hydrogens is 251 g/mol. The number of unbranched alkanes of at least 4 members (excludes halogenated alkanes) is 3. The lowest BCUT2D eigenvalue weighted by Crippen LogP contribution is -2.05. The highest BCUT2D eigenvalue weighted by atomic mass is 31.2. The van der Waals surface area contributed by atoms with Crippen LogP contribution in [0.25, 0.3) is 0 Å². The van der Waals surface area contributed by atoms with Gasteiger partial charge in [-0.25, -0.2) is 4.57 Å². The Morgan fingerprint density at radius 3 is 2.17 bits per heavy atom. The van der Waals surface area contributed by atoms with Crippen LogP contribution in [0.3, 0.4) is 0 Å². The predicted molar refractivity (Wildman–Crippen MR) is 74.7 cm³/mol. The van der Waals surface area contributed by atoms with Crippen molar-refractivity contribution in [1.82, 2.24) is 0 Å². The van der Waals surface area contributed by atoms with Gasteiger partial charge in [0.05, 0.1) is 6.61 Å². The molecule has 5 heteroatoms. The van der Waals surface area contributed by atoms with Crippen LogP contribution in [-0.2, 0) is 18.1 Å². The van der Waals surface area contributed by atoms with Gasteiger partial charge in [0, 0.05) is 14.2 Å². The molecular formula is C13H29O4P. The summed E-state index contributed by atoms with van der Waals surface area (Å²) in [5.74, 6) is 0.643. The van der Waals surface area contributed by atoms with E-state index in [-0.39, 0.29) is 0 Å². The maximum Gasteiger partial charge on any atom is 0.474 e. The summed E-state index contributed by atoms with van der Waals surface area (Å²) >= 11 is 0. The van der Waals surface area contributed by atoms with Gasteiger partial charge in [-0.1, -0.05) is 52.4 Å². The fourth-order valence-electron chi connectivity index (χ4n) is 1.92. The molecule has 0 aromatic carbocycles. The molecule has 1 unspecified atom stereocenters. The second-order valence-corrected chi connectivity index (χ2v) is 6.44. The van der Waals surface area contributed by atoms with Gasteiger partial charge in [-0.2, -0.15) is 0 Å². The number of rotatable bonds is 12. The molecule has 18 heavy (non-hydrogen) atoms. The van der Waals surface area contributed by atoms with Gasteiger partial charge in [-0.3, -0.25) is 13.6 Å². The molecule has 0 aromatic rings. The number of hydrogen-bond donors (Lipinski definition) is 0. The molecule has 0 spiro atoms. The Morgan fingerprint density at radius 1 is 1.00 bits per heavy atom. The predicted octanol–water partition coefficient (Wildman–Crippen LogP) is 4.79. The second kappa shape index (κ2) is 11.0. The average Bonchev–Trinajstić information content (AvgIpc) is 2.41. The van der Waals surface area contributed by atoms with Crippen molar-refractivity contribution in [2.75, 3.05) is 20.8 Å². The summed E-state index contributed by atoms with van der Waals surface area (Å²) in [6.07, 6.45) is 8.45. The topological polar surface area (TPSA) is 44.8 Å². The van der Waals surface area contributed by atoms with E-state index in [0.717, 1.165) is 12.8 Å². The van der Waals surface area contributed by atoms with Crippen molar-refractivity contribution in [3.63, 3.8) is 0 Å². The molecule has 4 nitrogen and oxygen atoms in total. The van der Waals surface area contributed by atoms with E-state index in [1.165, 1.54) is 46.3 Å². The molecule has 110 valence electrons. The molecule has 0 saturated carbocycles. The van der Waals surface area contributed by atoms with Crippen LogP contribution in [0.15, 0.2) is 0 Å². The second-order valence-electron chi connectivity index (χ2n) is 4.56. The molecule has 0 heterocycles. The Balaban J connectivity index is 3.76. The van der Waals surface area contributed by atoms with Crippen molar-refractivity contribution >= 4 is 7.82 Å². The van der Waals surface area contributed by atoms with Crippen LogP contribution in [-0.4, -0.2) is 20.8 Å². The van der Waals surface area contributed by atoms with Crippen LogP contribution < -0.4 is 0 Å². The molecule has 0 aliphatic heterocycles. The van der Waals surface area contributed by atoms with E-state index in [0.29, 0.717) is 12.5 Å². The van der Waals surface area contributed by atoms with Crippen molar-refractivity contribution in [3.05, 3.63) is 0 Å². The normalized spacial score (nSPS) is 13.8. The highest BCUT2D eigenvalue weighted by molar-refractivity contribution is 7.48. The molecule has 1 atom stereocenters. The first kappa shape index (κ1) is 18.1. The zero-order valence-electron chi connectivity index (χ0n) is 12.3. The molecule has 0 rings (SSSR count). The van der Waals surface area contributed by atoms with Crippen LogP contribution in [0.5, 0.6) is 0 Å². The third-order valence-electron chi connectivity index (χ3n) is 3.27. The van der Waals surface area contributed by atoms with Crippen LogP contribution in [0.1, 0.15) is 58.8 Å². The van der Waals surface area contributed by atoms with Gasteiger partial charge < -0.3 is 0 Å². The summed E-state index contributed by atoms with van der Waals surface area (Å²) in [5.41, 5.74) is 0. The minimum Gasteiger partial charge on any atom is -0.290 e. The molecule has 0 fully saturated rings.